The molecular formula is C13H21NO. The maximum Gasteiger partial charge on any atom is 0.127 e. The van der Waals surface area contributed by atoms with Gasteiger partial charge in [0.15, 0.2) is 0 Å². The minimum Gasteiger partial charge on any atom is -0.364 e. The van der Waals surface area contributed by atoms with Crippen LogP contribution in [0.1, 0.15) is 75.5 Å². The normalized spacial score (nSPS) is 18.0. The number of hydrogen-bond donors (Lipinski definition) is 0. The Balaban J connectivity index is 1.92. The van der Waals surface area contributed by atoms with Gasteiger partial charge < -0.3 is 4.52 Å². The summed E-state index contributed by atoms with van der Waals surface area (Å²) in [4.78, 5) is 0. The van der Waals surface area contributed by atoms with Crippen molar-refractivity contribution in [1.29, 1.82) is 0 Å². The summed E-state index contributed by atoms with van der Waals surface area (Å²) in [5, 5.41) is 4.15. The first-order valence-corrected chi connectivity index (χ1v) is 6.27. The van der Waals surface area contributed by atoms with Gasteiger partial charge in [-0.3, -0.25) is 0 Å². The van der Waals surface area contributed by atoms with Crippen LogP contribution in [0, 0.1) is 0 Å². The Labute approximate surface area is 92.0 Å². The fourth-order valence-corrected chi connectivity index (χ4v) is 2.14. The third kappa shape index (κ3) is 2.61. The Morgan fingerprint density at radius 3 is 2.93 bits per heavy atom. The minimum absolute atomic E-state index is 0.624. The summed E-state index contributed by atoms with van der Waals surface area (Å²) in [5.41, 5.74) is 2.62. The van der Waals surface area contributed by atoms with Crippen LogP contribution in [-0.4, -0.2) is 5.16 Å². The Morgan fingerprint density at radius 1 is 1.47 bits per heavy atom. The zero-order valence-corrected chi connectivity index (χ0v) is 9.83. The molecule has 0 aromatic carbocycles. The van der Waals surface area contributed by atoms with Crippen LogP contribution < -0.4 is 0 Å². The Kier molecular flexibility index (Phi) is 3.45. The van der Waals surface area contributed by atoms with Crippen LogP contribution in [0.3, 0.4) is 0 Å². The highest BCUT2D eigenvalue weighted by atomic mass is 16.5. The summed E-state index contributed by atoms with van der Waals surface area (Å²) < 4.78 is 5.12. The highest BCUT2D eigenvalue weighted by Gasteiger charge is 2.30. The first-order chi connectivity index (χ1) is 7.33. The molecule has 15 heavy (non-hydrogen) atoms. The van der Waals surface area contributed by atoms with Gasteiger partial charge in [0.1, 0.15) is 6.26 Å². The third-order valence-electron chi connectivity index (χ3n) is 3.36. The smallest absolute Gasteiger partial charge is 0.127 e. The minimum atomic E-state index is 0.624. The van der Waals surface area contributed by atoms with Gasteiger partial charge in [-0.2, -0.15) is 0 Å². The van der Waals surface area contributed by atoms with E-state index in [1.54, 1.807) is 0 Å². The van der Waals surface area contributed by atoms with Gasteiger partial charge >= 0.3 is 0 Å². The van der Waals surface area contributed by atoms with Crippen molar-refractivity contribution in [2.24, 2.45) is 0 Å². The summed E-state index contributed by atoms with van der Waals surface area (Å²) in [6.07, 6.45) is 9.72. The standard InChI is InChI=1S/C13H21NO/c1-3-4-5-6-10(2)12-9-15-14-13(12)11-7-8-11/h9-11H,3-8H2,1-2H3. The predicted molar refractivity (Wildman–Crippen MR) is 61.0 cm³/mol. The van der Waals surface area contributed by atoms with Gasteiger partial charge in [0.2, 0.25) is 0 Å². The van der Waals surface area contributed by atoms with E-state index in [1.807, 2.05) is 6.26 Å². The maximum atomic E-state index is 5.12. The second kappa shape index (κ2) is 4.82. The molecular weight excluding hydrogens is 186 g/mol. The highest BCUT2D eigenvalue weighted by molar-refractivity contribution is 5.26. The first kappa shape index (κ1) is 10.7. The van der Waals surface area contributed by atoms with Gasteiger partial charge in [0.25, 0.3) is 0 Å². The molecule has 2 heteroatoms. The van der Waals surface area contributed by atoms with Gasteiger partial charge in [-0.15, -0.1) is 0 Å². The van der Waals surface area contributed by atoms with Crippen molar-refractivity contribution in [3.05, 3.63) is 17.5 Å². The Morgan fingerprint density at radius 2 is 2.27 bits per heavy atom. The zero-order valence-electron chi connectivity index (χ0n) is 9.83. The van der Waals surface area contributed by atoms with Crippen molar-refractivity contribution < 1.29 is 4.52 Å². The van der Waals surface area contributed by atoms with E-state index in [2.05, 4.69) is 19.0 Å². The number of nitrogens with zero attached hydrogens (tertiary/aromatic N) is 1. The molecule has 1 aromatic rings. The lowest BCUT2D eigenvalue weighted by Crippen LogP contribution is -1.96. The van der Waals surface area contributed by atoms with E-state index in [4.69, 9.17) is 4.52 Å². The van der Waals surface area contributed by atoms with Gasteiger partial charge in [-0.05, 0) is 25.2 Å². The van der Waals surface area contributed by atoms with E-state index in [0.717, 1.165) is 0 Å². The molecule has 1 fully saturated rings. The van der Waals surface area contributed by atoms with Crippen LogP contribution in [0.15, 0.2) is 10.8 Å². The fourth-order valence-electron chi connectivity index (χ4n) is 2.14. The van der Waals surface area contributed by atoms with E-state index in [0.29, 0.717) is 11.8 Å². The summed E-state index contributed by atoms with van der Waals surface area (Å²) in [7, 11) is 0. The number of aromatic nitrogens is 1. The molecule has 2 nitrogen and oxygen atoms in total. The van der Waals surface area contributed by atoms with Gasteiger partial charge in [-0.25, -0.2) is 0 Å². The van der Waals surface area contributed by atoms with E-state index in [1.165, 1.54) is 49.8 Å². The summed E-state index contributed by atoms with van der Waals surface area (Å²) in [6, 6.07) is 0. The molecule has 1 saturated carbocycles. The van der Waals surface area contributed by atoms with E-state index >= 15 is 0 Å². The second-order valence-electron chi connectivity index (χ2n) is 4.83. The van der Waals surface area contributed by atoms with Crippen LogP contribution >= 0.6 is 0 Å². The van der Waals surface area contributed by atoms with E-state index in [-0.39, 0.29) is 0 Å². The van der Waals surface area contributed by atoms with E-state index in [9.17, 15) is 0 Å². The van der Waals surface area contributed by atoms with Crippen LogP contribution in [0.5, 0.6) is 0 Å². The lowest BCUT2D eigenvalue weighted by Gasteiger charge is -2.09. The van der Waals surface area contributed by atoms with Gasteiger partial charge in [0, 0.05) is 11.5 Å². The molecule has 84 valence electrons. The quantitative estimate of drug-likeness (QED) is 0.652. The number of hydrogen-bond acceptors (Lipinski definition) is 2. The Hall–Kier alpha value is -0.790. The van der Waals surface area contributed by atoms with Crippen LogP contribution in [0.2, 0.25) is 0 Å². The molecule has 0 bridgehead atoms. The summed E-state index contributed by atoms with van der Waals surface area (Å²) in [5.74, 6) is 1.34. The molecule has 1 aromatic heterocycles. The molecule has 1 atom stereocenters. The van der Waals surface area contributed by atoms with Crippen molar-refractivity contribution in [3.63, 3.8) is 0 Å². The van der Waals surface area contributed by atoms with E-state index < -0.39 is 0 Å². The first-order valence-electron chi connectivity index (χ1n) is 6.27. The largest absolute Gasteiger partial charge is 0.364 e. The van der Waals surface area contributed by atoms with Crippen molar-refractivity contribution >= 4 is 0 Å². The van der Waals surface area contributed by atoms with Crippen LogP contribution in [-0.2, 0) is 0 Å². The second-order valence-corrected chi connectivity index (χ2v) is 4.83. The molecule has 0 saturated heterocycles. The molecule has 0 radical (unpaired) electrons. The lowest BCUT2D eigenvalue weighted by molar-refractivity contribution is 0.411. The van der Waals surface area contributed by atoms with Crippen molar-refractivity contribution in [3.8, 4) is 0 Å². The topological polar surface area (TPSA) is 26.0 Å². The molecule has 0 N–H and O–H groups in total. The summed E-state index contributed by atoms with van der Waals surface area (Å²) >= 11 is 0. The Bertz CT molecular complexity index is 301. The molecule has 1 aliphatic rings. The molecule has 1 heterocycles. The van der Waals surface area contributed by atoms with Crippen molar-refractivity contribution in [1.82, 2.24) is 5.16 Å². The molecule has 0 amide bonds. The zero-order chi connectivity index (χ0) is 10.7. The van der Waals surface area contributed by atoms with Gasteiger partial charge in [0.05, 0.1) is 5.69 Å². The number of rotatable bonds is 6. The summed E-state index contributed by atoms with van der Waals surface area (Å²) in [6.45, 7) is 4.55. The van der Waals surface area contributed by atoms with Gasteiger partial charge in [-0.1, -0.05) is 38.3 Å². The molecule has 1 unspecified atom stereocenters. The SMILES string of the molecule is CCCCCC(C)c1conc1C1CC1. The molecule has 2 rings (SSSR count). The molecule has 1 aliphatic carbocycles. The monoisotopic (exact) mass is 207 g/mol. The van der Waals surface area contributed by atoms with Crippen LogP contribution in [0.25, 0.3) is 0 Å². The van der Waals surface area contributed by atoms with Crippen molar-refractivity contribution in [2.75, 3.05) is 0 Å². The molecule has 0 aliphatic heterocycles. The average Bonchev–Trinajstić information content (AvgIpc) is 2.96. The van der Waals surface area contributed by atoms with Crippen molar-refractivity contribution in [2.45, 2.75) is 64.2 Å². The average molecular weight is 207 g/mol. The predicted octanol–water partition coefficient (Wildman–Crippen LogP) is 4.24. The fraction of sp³-hybridized carbons (Fsp3) is 0.769. The number of unbranched alkanes of at least 4 members (excludes halogenated alkanes) is 2. The van der Waals surface area contributed by atoms with Crippen LogP contribution in [0.4, 0.5) is 0 Å². The third-order valence-corrected chi connectivity index (χ3v) is 3.36. The lowest BCUT2D eigenvalue weighted by atomic mass is 9.94. The molecule has 0 spiro atoms. The maximum absolute atomic E-state index is 5.12. The highest BCUT2D eigenvalue weighted by Crippen LogP contribution is 2.43.